The maximum Gasteiger partial charge on any atom is 0.320 e. The maximum absolute atomic E-state index is 12.7. The van der Waals surface area contributed by atoms with Crippen LogP contribution in [0.5, 0.6) is 0 Å². The summed E-state index contributed by atoms with van der Waals surface area (Å²) in [7, 11) is 0. The summed E-state index contributed by atoms with van der Waals surface area (Å²) in [5.41, 5.74) is 10.3. The SMILES string of the molecule is CSCC[C@@H](C(=O)O)N(CC1=N[C@@H](CCc2ccc(CCc3ccccc3)cc2)CCC1)Cc1cccc(C=Cc2ccc(C=Cc3ccccc3)cc2)n1. The summed E-state index contributed by atoms with van der Waals surface area (Å²) in [5.74, 6) is -0.00248. The monoisotopic (exact) mass is 747 g/mol. The highest BCUT2D eigenvalue weighted by Gasteiger charge is 2.28. The summed E-state index contributed by atoms with van der Waals surface area (Å²) < 4.78 is 0. The van der Waals surface area contributed by atoms with Gasteiger partial charge in [-0.25, -0.2) is 0 Å². The van der Waals surface area contributed by atoms with Crippen molar-refractivity contribution in [3.8, 4) is 0 Å². The summed E-state index contributed by atoms with van der Waals surface area (Å²) in [6.07, 6.45) is 18.1. The van der Waals surface area contributed by atoms with Crippen molar-refractivity contribution in [2.75, 3.05) is 18.6 Å². The van der Waals surface area contributed by atoms with Crippen molar-refractivity contribution in [2.24, 2.45) is 4.99 Å². The Bertz CT molecular complexity index is 2010. The van der Waals surface area contributed by atoms with Crippen molar-refractivity contribution >= 4 is 47.7 Å². The molecule has 0 unspecified atom stereocenters. The number of nitrogens with zero attached hydrogens (tertiary/aromatic N) is 3. The first kappa shape index (κ1) is 39.6. The van der Waals surface area contributed by atoms with Gasteiger partial charge in [0.2, 0.25) is 0 Å². The lowest BCUT2D eigenvalue weighted by Gasteiger charge is -2.31. The molecule has 0 radical (unpaired) electrons. The Morgan fingerprint density at radius 3 is 1.98 bits per heavy atom. The third-order valence-corrected chi connectivity index (χ3v) is 10.9. The topological polar surface area (TPSA) is 65.8 Å². The number of aliphatic carboxylic acids is 1. The van der Waals surface area contributed by atoms with Crippen molar-refractivity contribution in [3.63, 3.8) is 0 Å². The molecule has 0 fully saturated rings. The quantitative estimate of drug-likeness (QED) is 0.0852. The minimum absolute atomic E-state index is 0.262. The average molecular weight is 748 g/mol. The number of hydrogen-bond donors (Lipinski definition) is 1. The van der Waals surface area contributed by atoms with E-state index >= 15 is 0 Å². The molecule has 2 atom stereocenters. The van der Waals surface area contributed by atoms with E-state index < -0.39 is 12.0 Å². The zero-order valence-corrected chi connectivity index (χ0v) is 32.8. The lowest BCUT2D eigenvalue weighted by atomic mass is 9.96. The van der Waals surface area contributed by atoms with Crippen LogP contribution in [0.25, 0.3) is 24.3 Å². The maximum atomic E-state index is 12.7. The van der Waals surface area contributed by atoms with E-state index in [-0.39, 0.29) is 6.04 Å². The highest BCUT2D eigenvalue weighted by atomic mass is 32.2. The fourth-order valence-corrected chi connectivity index (χ4v) is 7.60. The fraction of sp³-hybridized carbons (Fsp3) is 0.286. The molecule has 0 amide bonds. The largest absolute Gasteiger partial charge is 0.480 e. The Morgan fingerprint density at radius 2 is 1.33 bits per heavy atom. The van der Waals surface area contributed by atoms with E-state index in [1.165, 1.54) is 22.3 Å². The molecular weight excluding hydrogens is 695 g/mol. The molecule has 0 saturated heterocycles. The summed E-state index contributed by atoms with van der Waals surface area (Å²) >= 11 is 1.68. The van der Waals surface area contributed by atoms with E-state index in [0.717, 1.165) is 78.9 Å². The van der Waals surface area contributed by atoms with Crippen LogP contribution in [0, 0.1) is 0 Å². The molecule has 1 aromatic heterocycles. The Balaban J connectivity index is 1.07. The molecule has 0 spiro atoms. The zero-order chi connectivity index (χ0) is 38.1. The van der Waals surface area contributed by atoms with Crippen LogP contribution in [0.15, 0.2) is 132 Å². The van der Waals surface area contributed by atoms with E-state index in [9.17, 15) is 9.90 Å². The molecule has 5 aromatic rings. The predicted octanol–water partition coefficient (Wildman–Crippen LogP) is 10.8. The molecule has 1 N–H and O–H groups in total. The van der Waals surface area contributed by atoms with Gasteiger partial charge in [-0.15, -0.1) is 0 Å². The highest BCUT2D eigenvalue weighted by Crippen LogP contribution is 2.22. The van der Waals surface area contributed by atoms with Crippen molar-refractivity contribution in [1.82, 2.24) is 9.88 Å². The van der Waals surface area contributed by atoms with Gasteiger partial charge in [-0.1, -0.05) is 133 Å². The molecule has 2 heterocycles. The van der Waals surface area contributed by atoms with Crippen LogP contribution in [0.3, 0.4) is 0 Å². The average Bonchev–Trinajstić information content (AvgIpc) is 3.22. The third-order valence-electron chi connectivity index (χ3n) is 10.3. The first-order valence-electron chi connectivity index (χ1n) is 19.6. The van der Waals surface area contributed by atoms with Gasteiger partial charge in [0.1, 0.15) is 6.04 Å². The lowest BCUT2D eigenvalue weighted by Crippen LogP contribution is -2.44. The molecular formula is C49H53N3O2S. The van der Waals surface area contributed by atoms with Gasteiger partial charge in [0.25, 0.3) is 0 Å². The van der Waals surface area contributed by atoms with Gasteiger partial charge in [-0.2, -0.15) is 11.8 Å². The molecule has 1 aliphatic heterocycles. The standard InChI is InChI=1S/C49H53N3O2S/c1-55-35-34-48(49(53)54)52(36-46-16-8-14-44(50-46)32-30-42-26-22-40(23-27-42)20-18-38-10-4-2-5-11-38)37-47-17-9-15-45(51-47)33-31-43-28-24-41(25-29-43)21-19-39-12-6-3-7-13-39/h2-8,10-14,16,18,20,22-30,32,45,48H,9,15,17,19,21,31,33-37H2,1H3,(H,53,54)/t45-,48+/m1/s1. The number of aryl methyl sites for hydroxylation is 3. The predicted molar refractivity (Wildman–Crippen MR) is 233 cm³/mol. The van der Waals surface area contributed by atoms with Crippen LogP contribution >= 0.6 is 11.8 Å². The van der Waals surface area contributed by atoms with Crippen LogP contribution in [0.1, 0.15) is 76.9 Å². The number of carboxylic acid groups (broad SMARTS) is 1. The number of pyridine rings is 1. The van der Waals surface area contributed by atoms with Crippen molar-refractivity contribution in [3.05, 3.63) is 172 Å². The van der Waals surface area contributed by atoms with E-state index in [4.69, 9.17) is 9.98 Å². The van der Waals surface area contributed by atoms with Gasteiger partial charge in [0.15, 0.2) is 0 Å². The molecule has 282 valence electrons. The van der Waals surface area contributed by atoms with Crippen LogP contribution < -0.4 is 0 Å². The lowest BCUT2D eigenvalue weighted by molar-refractivity contribution is -0.143. The number of carbonyl (C=O) groups is 1. The molecule has 4 aromatic carbocycles. The van der Waals surface area contributed by atoms with Crippen LogP contribution in [0.4, 0.5) is 0 Å². The highest BCUT2D eigenvalue weighted by molar-refractivity contribution is 7.98. The second kappa shape index (κ2) is 21.2. The number of thioether (sulfide) groups is 1. The number of rotatable bonds is 19. The van der Waals surface area contributed by atoms with Gasteiger partial charge in [-0.05, 0) is 115 Å². The minimum atomic E-state index is -0.785. The zero-order valence-electron chi connectivity index (χ0n) is 32.0. The van der Waals surface area contributed by atoms with Crippen molar-refractivity contribution in [2.45, 2.75) is 70.0 Å². The molecule has 5 nitrogen and oxygen atoms in total. The van der Waals surface area contributed by atoms with Crippen LogP contribution in [0.2, 0.25) is 0 Å². The molecule has 0 saturated carbocycles. The van der Waals surface area contributed by atoms with E-state index in [1.54, 1.807) is 11.8 Å². The summed E-state index contributed by atoms with van der Waals surface area (Å²) in [5, 5.41) is 10.4. The van der Waals surface area contributed by atoms with Gasteiger partial charge in [-0.3, -0.25) is 19.7 Å². The number of aromatic nitrogens is 1. The van der Waals surface area contributed by atoms with Crippen LogP contribution in [-0.2, 0) is 30.6 Å². The molecule has 6 heteroatoms. The van der Waals surface area contributed by atoms with Crippen molar-refractivity contribution < 1.29 is 9.90 Å². The number of aliphatic imine (C=N–C) groups is 1. The summed E-state index contributed by atoms with van der Waals surface area (Å²) in [6.45, 7) is 1.00. The van der Waals surface area contributed by atoms with Crippen molar-refractivity contribution in [1.29, 1.82) is 0 Å². The molecule has 6 rings (SSSR count). The normalized spacial score (nSPS) is 15.1. The second-order valence-electron chi connectivity index (χ2n) is 14.4. The van der Waals surface area contributed by atoms with Gasteiger partial charge < -0.3 is 5.11 Å². The molecule has 0 bridgehead atoms. The first-order valence-corrected chi connectivity index (χ1v) is 21.0. The minimum Gasteiger partial charge on any atom is -0.480 e. The number of benzene rings is 4. The van der Waals surface area contributed by atoms with Gasteiger partial charge in [0.05, 0.1) is 17.4 Å². The first-order chi connectivity index (χ1) is 27.0. The van der Waals surface area contributed by atoms with Crippen LogP contribution in [-0.4, -0.2) is 57.3 Å². The Labute approximate surface area is 332 Å². The Morgan fingerprint density at radius 1 is 0.727 bits per heavy atom. The molecule has 1 aliphatic rings. The Hall–Kier alpha value is -5.04. The second-order valence-corrected chi connectivity index (χ2v) is 15.4. The van der Waals surface area contributed by atoms with Gasteiger partial charge in [0, 0.05) is 18.8 Å². The smallest absolute Gasteiger partial charge is 0.320 e. The van der Waals surface area contributed by atoms with E-state index in [2.05, 4.69) is 114 Å². The summed E-state index contributed by atoms with van der Waals surface area (Å²) in [6, 6.07) is 44.2. The van der Waals surface area contributed by atoms with E-state index in [0.29, 0.717) is 19.5 Å². The number of hydrogen-bond acceptors (Lipinski definition) is 5. The van der Waals surface area contributed by atoms with E-state index in [1.807, 2.05) is 48.7 Å². The fourth-order valence-electron chi connectivity index (χ4n) is 7.14. The Kier molecular flexibility index (Phi) is 15.3. The molecule has 55 heavy (non-hydrogen) atoms. The molecule has 0 aliphatic carbocycles. The third kappa shape index (κ3) is 13.0. The summed E-state index contributed by atoms with van der Waals surface area (Å²) in [4.78, 5) is 25.0. The number of carboxylic acids is 1. The van der Waals surface area contributed by atoms with Gasteiger partial charge >= 0.3 is 5.97 Å².